The molecule has 1 fully saturated rings. The number of benzene rings is 1. The summed E-state index contributed by atoms with van der Waals surface area (Å²) in [6, 6.07) is 10.3. The number of aromatic nitrogens is 3. The van der Waals surface area contributed by atoms with Crippen molar-refractivity contribution >= 4 is 22.9 Å². The van der Waals surface area contributed by atoms with Crippen LogP contribution in [0.3, 0.4) is 0 Å². The number of hydrogen-bond donors (Lipinski definition) is 2. The Morgan fingerprint density at radius 3 is 3.04 bits per heavy atom. The molecule has 7 heteroatoms. The van der Waals surface area contributed by atoms with Crippen LogP contribution < -0.4 is 16.0 Å². The molecule has 0 bridgehead atoms. The number of furan rings is 1. The molecule has 1 aliphatic rings. The van der Waals surface area contributed by atoms with E-state index >= 15 is 0 Å². The number of nitrogens with zero attached hydrogens (tertiary/aromatic N) is 4. The summed E-state index contributed by atoms with van der Waals surface area (Å²) in [6.07, 6.45) is 3.28. The second kappa shape index (κ2) is 6.45. The Kier molecular flexibility index (Phi) is 4.00. The molecule has 24 heavy (non-hydrogen) atoms. The minimum atomic E-state index is 0.200. The predicted molar refractivity (Wildman–Crippen MR) is 93.0 cm³/mol. The Bertz CT molecular complexity index is 800. The number of anilines is 2. The van der Waals surface area contributed by atoms with Crippen molar-refractivity contribution in [1.82, 2.24) is 15.0 Å². The number of para-hydroxylation sites is 1. The van der Waals surface area contributed by atoms with Crippen LogP contribution in [-0.2, 0) is 6.42 Å². The van der Waals surface area contributed by atoms with Gasteiger partial charge in [-0.05, 0) is 18.6 Å². The summed E-state index contributed by atoms with van der Waals surface area (Å²) in [6.45, 7) is 2.38. The summed E-state index contributed by atoms with van der Waals surface area (Å²) in [5.41, 5.74) is 6.86. The molecular formula is C17H20N6O. The Morgan fingerprint density at radius 2 is 2.21 bits per heavy atom. The molecule has 0 saturated carbocycles. The highest BCUT2D eigenvalue weighted by molar-refractivity contribution is 5.77. The number of fused-ring (bicyclic) bond motifs is 1. The second-order valence-electron chi connectivity index (χ2n) is 6.03. The van der Waals surface area contributed by atoms with Crippen molar-refractivity contribution < 1.29 is 4.42 Å². The van der Waals surface area contributed by atoms with Gasteiger partial charge in [0.25, 0.3) is 0 Å². The first-order chi connectivity index (χ1) is 11.8. The van der Waals surface area contributed by atoms with Crippen LogP contribution in [0.1, 0.15) is 12.2 Å². The fourth-order valence-electron chi connectivity index (χ4n) is 2.95. The van der Waals surface area contributed by atoms with E-state index in [1.54, 1.807) is 0 Å². The zero-order chi connectivity index (χ0) is 16.4. The van der Waals surface area contributed by atoms with Gasteiger partial charge in [-0.2, -0.15) is 4.98 Å². The van der Waals surface area contributed by atoms with Gasteiger partial charge in [0.2, 0.25) is 11.9 Å². The minimum Gasteiger partial charge on any atom is -0.461 e. The maximum Gasteiger partial charge on any atom is 0.230 e. The van der Waals surface area contributed by atoms with Gasteiger partial charge in [-0.1, -0.05) is 18.2 Å². The number of nitrogens with one attached hydrogen (secondary N) is 1. The average molecular weight is 324 g/mol. The molecule has 124 valence electrons. The van der Waals surface area contributed by atoms with E-state index in [-0.39, 0.29) is 6.04 Å². The monoisotopic (exact) mass is 324 g/mol. The van der Waals surface area contributed by atoms with Crippen LogP contribution >= 0.6 is 0 Å². The largest absolute Gasteiger partial charge is 0.461 e. The van der Waals surface area contributed by atoms with Crippen LogP contribution in [0, 0.1) is 0 Å². The molecule has 1 aliphatic heterocycles. The van der Waals surface area contributed by atoms with Crippen molar-refractivity contribution in [3.05, 3.63) is 42.4 Å². The van der Waals surface area contributed by atoms with Crippen LogP contribution in [-0.4, -0.2) is 40.6 Å². The number of rotatable bonds is 5. The Morgan fingerprint density at radius 1 is 1.29 bits per heavy atom. The summed E-state index contributed by atoms with van der Waals surface area (Å²) in [5.74, 6) is 2.21. The van der Waals surface area contributed by atoms with E-state index in [1.165, 1.54) is 6.33 Å². The lowest BCUT2D eigenvalue weighted by molar-refractivity contribution is 0.552. The van der Waals surface area contributed by atoms with E-state index in [4.69, 9.17) is 10.2 Å². The molecule has 1 unspecified atom stereocenters. The van der Waals surface area contributed by atoms with Crippen LogP contribution in [0.4, 0.5) is 11.9 Å². The van der Waals surface area contributed by atoms with Gasteiger partial charge in [-0.15, -0.1) is 0 Å². The van der Waals surface area contributed by atoms with E-state index in [0.29, 0.717) is 18.4 Å². The molecule has 0 radical (unpaired) electrons. The zero-order valence-corrected chi connectivity index (χ0v) is 13.4. The third kappa shape index (κ3) is 3.16. The van der Waals surface area contributed by atoms with E-state index in [0.717, 1.165) is 42.7 Å². The smallest absolute Gasteiger partial charge is 0.230 e. The Hall–Kier alpha value is -2.67. The van der Waals surface area contributed by atoms with Crippen molar-refractivity contribution in [2.24, 2.45) is 5.73 Å². The van der Waals surface area contributed by atoms with E-state index in [2.05, 4.69) is 37.3 Å². The Balaban J connectivity index is 1.37. The molecule has 0 spiro atoms. The van der Waals surface area contributed by atoms with Crippen molar-refractivity contribution in [3.63, 3.8) is 0 Å². The third-order valence-electron chi connectivity index (χ3n) is 4.20. The zero-order valence-electron chi connectivity index (χ0n) is 13.4. The maximum atomic E-state index is 5.94. The van der Waals surface area contributed by atoms with E-state index in [1.807, 2.05) is 18.2 Å². The van der Waals surface area contributed by atoms with Gasteiger partial charge in [-0.25, -0.2) is 9.97 Å². The molecule has 3 N–H and O–H groups in total. The van der Waals surface area contributed by atoms with Crippen molar-refractivity contribution in [3.8, 4) is 0 Å². The molecule has 3 aromatic rings. The van der Waals surface area contributed by atoms with Crippen LogP contribution in [0.5, 0.6) is 0 Å². The van der Waals surface area contributed by atoms with Gasteiger partial charge in [-0.3, -0.25) is 0 Å². The highest BCUT2D eigenvalue weighted by Gasteiger charge is 2.21. The van der Waals surface area contributed by atoms with Gasteiger partial charge < -0.3 is 20.4 Å². The summed E-state index contributed by atoms with van der Waals surface area (Å²) < 4.78 is 5.81. The fraction of sp³-hybridized carbons (Fsp3) is 0.353. The summed E-state index contributed by atoms with van der Waals surface area (Å²) >= 11 is 0. The second-order valence-corrected chi connectivity index (χ2v) is 6.03. The molecule has 4 rings (SSSR count). The highest BCUT2D eigenvalue weighted by Crippen LogP contribution is 2.19. The fourth-order valence-corrected chi connectivity index (χ4v) is 2.95. The maximum absolute atomic E-state index is 5.94. The minimum absolute atomic E-state index is 0.200. The first-order valence-corrected chi connectivity index (χ1v) is 8.19. The molecule has 1 saturated heterocycles. The molecule has 0 aliphatic carbocycles. The standard InChI is InChI=1S/C17H20N6O/c18-13-6-8-23(10-13)17-21-11-20-16(22-17)19-7-5-14-9-12-3-1-2-4-15(12)24-14/h1-4,9,11,13H,5-8,10,18H2,(H,19,20,21,22). The number of hydrogen-bond acceptors (Lipinski definition) is 7. The first kappa shape index (κ1) is 14.9. The molecular weight excluding hydrogens is 304 g/mol. The molecule has 2 aromatic heterocycles. The molecule has 3 heterocycles. The van der Waals surface area contributed by atoms with Crippen LogP contribution in [0.25, 0.3) is 11.0 Å². The third-order valence-corrected chi connectivity index (χ3v) is 4.20. The molecule has 7 nitrogen and oxygen atoms in total. The lowest BCUT2D eigenvalue weighted by Crippen LogP contribution is -2.27. The van der Waals surface area contributed by atoms with Crippen LogP contribution in [0.2, 0.25) is 0 Å². The summed E-state index contributed by atoms with van der Waals surface area (Å²) in [5, 5.41) is 4.36. The van der Waals surface area contributed by atoms with Gasteiger partial charge in [0.05, 0.1) is 0 Å². The van der Waals surface area contributed by atoms with Gasteiger partial charge >= 0.3 is 0 Å². The molecule has 1 atom stereocenters. The molecule has 0 amide bonds. The van der Waals surface area contributed by atoms with Crippen LogP contribution in [0.15, 0.2) is 41.1 Å². The topological polar surface area (TPSA) is 93.1 Å². The van der Waals surface area contributed by atoms with Crippen molar-refractivity contribution in [2.45, 2.75) is 18.9 Å². The van der Waals surface area contributed by atoms with E-state index in [9.17, 15) is 0 Å². The summed E-state index contributed by atoms with van der Waals surface area (Å²) in [4.78, 5) is 15.0. The SMILES string of the molecule is NC1CCN(c2ncnc(NCCc3cc4ccccc4o3)n2)C1. The lowest BCUT2D eigenvalue weighted by Gasteiger charge is -2.15. The highest BCUT2D eigenvalue weighted by atomic mass is 16.3. The normalized spacial score (nSPS) is 17.5. The lowest BCUT2D eigenvalue weighted by atomic mass is 10.2. The molecule has 1 aromatic carbocycles. The van der Waals surface area contributed by atoms with Gasteiger partial charge in [0.1, 0.15) is 17.7 Å². The van der Waals surface area contributed by atoms with Gasteiger partial charge in [0.15, 0.2) is 0 Å². The first-order valence-electron chi connectivity index (χ1n) is 8.19. The average Bonchev–Trinajstić information content (AvgIpc) is 3.21. The van der Waals surface area contributed by atoms with E-state index < -0.39 is 0 Å². The van der Waals surface area contributed by atoms with Gasteiger partial charge in [0, 0.05) is 37.5 Å². The summed E-state index contributed by atoms with van der Waals surface area (Å²) in [7, 11) is 0. The van der Waals surface area contributed by atoms with Crippen molar-refractivity contribution in [2.75, 3.05) is 29.9 Å². The van der Waals surface area contributed by atoms with Crippen molar-refractivity contribution in [1.29, 1.82) is 0 Å². The predicted octanol–water partition coefficient (Wildman–Crippen LogP) is 1.81. The Labute approximate surface area is 139 Å². The number of nitrogens with two attached hydrogens (primary N) is 1. The quantitative estimate of drug-likeness (QED) is 0.739.